The maximum absolute atomic E-state index is 13.1. The summed E-state index contributed by atoms with van der Waals surface area (Å²) in [6.45, 7) is 2.12. The first-order valence-corrected chi connectivity index (χ1v) is 12.7. The SMILES string of the molecule is CC(=O)NC1CC(C(=O)NC2SCCC2S(=O)(=O)C2CCCCC2)CCN1. The van der Waals surface area contributed by atoms with Gasteiger partial charge in [-0.05, 0) is 44.4 Å². The number of piperidine rings is 1. The van der Waals surface area contributed by atoms with Gasteiger partial charge < -0.3 is 10.6 Å². The fourth-order valence-electron chi connectivity index (χ4n) is 4.45. The van der Waals surface area contributed by atoms with E-state index in [0.717, 1.165) is 37.9 Å². The Labute approximate surface area is 166 Å². The van der Waals surface area contributed by atoms with Crippen LogP contribution in [0.3, 0.4) is 0 Å². The molecule has 3 rings (SSSR count). The highest BCUT2D eigenvalue weighted by Gasteiger charge is 2.43. The quantitative estimate of drug-likeness (QED) is 0.620. The van der Waals surface area contributed by atoms with E-state index in [9.17, 15) is 18.0 Å². The predicted molar refractivity (Wildman–Crippen MR) is 107 cm³/mol. The van der Waals surface area contributed by atoms with Gasteiger partial charge in [-0.3, -0.25) is 14.9 Å². The molecule has 27 heavy (non-hydrogen) atoms. The first-order valence-electron chi connectivity index (χ1n) is 10.0. The number of sulfone groups is 1. The lowest BCUT2D eigenvalue weighted by atomic mass is 9.95. The lowest BCUT2D eigenvalue weighted by molar-refractivity contribution is -0.127. The van der Waals surface area contributed by atoms with Crippen LogP contribution in [-0.4, -0.2) is 54.6 Å². The van der Waals surface area contributed by atoms with Crippen LogP contribution in [0.1, 0.15) is 58.3 Å². The maximum atomic E-state index is 13.1. The highest BCUT2D eigenvalue weighted by Crippen LogP contribution is 2.36. The minimum absolute atomic E-state index is 0.0879. The molecule has 2 heterocycles. The van der Waals surface area contributed by atoms with Crippen molar-refractivity contribution in [2.45, 2.75) is 80.3 Å². The normalized spacial score (nSPS) is 32.8. The van der Waals surface area contributed by atoms with Crippen LogP contribution in [0.2, 0.25) is 0 Å². The predicted octanol–water partition coefficient (Wildman–Crippen LogP) is 1.14. The van der Waals surface area contributed by atoms with Crippen LogP contribution in [0.5, 0.6) is 0 Å². The van der Waals surface area contributed by atoms with Crippen molar-refractivity contribution in [2.24, 2.45) is 5.92 Å². The van der Waals surface area contributed by atoms with Crippen molar-refractivity contribution in [3.63, 3.8) is 0 Å². The number of amides is 2. The third-order valence-corrected chi connectivity index (χ3v) is 10.1. The van der Waals surface area contributed by atoms with Crippen LogP contribution >= 0.6 is 11.8 Å². The molecule has 3 aliphatic rings. The summed E-state index contributed by atoms with van der Waals surface area (Å²) >= 11 is 1.55. The van der Waals surface area contributed by atoms with Crippen molar-refractivity contribution in [1.29, 1.82) is 0 Å². The monoisotopic (exact) mass is 417 g/mol. The summed E-state index contributed by atoms with van der Waals surface area (Å²) in [5.41, 5.74) is 0. The van der Waals surface area contributed by atoms with Crippen molar-refractivity contribution in [2.75, 3.05) is 12.3 Å². The van der Waals surface area contributed by atoms with Gasteiger partial charge in [0.15, 0.2) is 9.84 Å². The first-order chi connectivity index (χ1) is 12.9. The van der Waals surface area contributed by atoms with Crippen molar-refractivity contribution >= 4 is 33.4 Å². The summed E-state index contributed by atoms with van der Waals surface area (Å²) in [4.78, 5) is 24.0. The molecule has 0 bridgehead atoms. The minimum atomic E-state index is -3.22. The van der Waals surface area contributed by atoms with Crippen LogP contribution in [0.15, 0.2) is 0 Å². The van der Waals surface area contributed by atoms with E-state index in [4.69, 9.17) is 0 Å². The minimum Gasteiger partial charge on any atom is -0.343 e. The zero-order valence-corrected chi connectivity index (χ0v) is 17.5. The zero-order chi connectivity index (χ0) is 19.4. The van der Waals surface area contributed by atoms with E-state index in [0.29, 0.717) is 25.8 Å². The van der Waals surface area contributed by atoms with Gasteiger partial charge in [-0.1, -0.05) is 19.3 Å². The summed E-state index contributed by atoms with van der Waals surface area (Å²) < 4.78 is 26.2. The molecular formula is C18H31N3O4S2. The smallest absolute Gasteiger partial charge is 0.224 e. The molecule has 2 aliphatic heterocycles. The molecule has 2 saturated heterocycles. The Morgan fingerprint density at radius 1 is 1.04 bits per heavy atom. The molecule has 0 spiro atoms. The van der Waals surface area contributed by atoms with Crippen molar-refractivity contribution < 1.29 is 18.0 Å². The van der Waals surface area contributed by atoms with Gasteiger partial charge in [-0.25, -0.2) is 8.42 Å². The molecule has 1 saturated carbocycles. The molecule has 2 amide bonds. The van der Waals surface area contributed by atoms with Gasteiger partial charge in [-0.15, -0.1) is 11.8 Å². The van der Waals surface area contributed by atoms with E-state index < -0.39 is 15.1 Å². The first kappa shape index (κ1) is 20.9. The van der Waals surface area contributed by atoms with Crippen LogP contribution in [0.25, 0.3) is 0 Å². The lowest BCUT2D eigenvalue weighted by Gasteiger charge is -2.32. The van der Waals surface area contributed by atoms with Gasteiger partial charge in [0, 0.05) is 12.8 Å². The molecule has 9 heteroatoms. The molecule has 0 aromatic carbocycles. The molecule has 1 aliphatic carbocycles. The number of nitrogens with one attached hydrogen (secondary N) is 3. The Morgan fingerprint density at radius 3 is 2.48 bits per heavy atom. The van der Waals surface area contributed by atoms with Crippen LogP contribution < -0.4 is 16.0 Å². The van der Waals surface area contributed by atoms with Crippen LogP contribution in [-0.2, 0) is 19.4 Å². The Balaban J connectivity index is 1.60. The number of carbonyl (C=O) groups excluding carboxylic acids is 2. The molecule has 0 aromatic rings. The number of hydrogen-bond acceptors (Lipinski definition) is 6. The fourth-order valence-corrected chi connectivity index (χ4v) is 8.84. The summed E-state index contributed by atoms with van der Waals surface area (Å²) in [5.74, 6) is 0.346. The molecule has 4 unspecified atom stereocenters. The second-order valence-corrected chi connectivity index (χ2v) is 11.6. The summed E-state index contributed by atoms with van der Waals surface area (Å²) in [6.07, 6.45) is 6.26. The molecule has 7 nitrogen and oxygen atoms in total. The van der Waals surface area contributed by atoms with Gasteiger partial charge in [0.25, 0.3) is 0 Å². The Kier molecular flexibility index (Phi) is 7.08. The van der Waals surface area contributed by atoms with E-state index in [1.807, 2.05) is 0 Å². The van der Waals surface area contributed by atoms with Crippen molar-refractivity contribution in [3.8, 4) is 0 Å². The summed E-state index contributed by atoms with van der Waals surface area (Å²) in [6, 6.07) is 0. The third kappa shape index (κ3) is 5.17. The standard InChI is InChI=1S/C18H31N3O4S2/c1-12(22)20-16-11-13(7-9-19-16)17(23)21-18-15(8-10-26-18)27(24,25)14-5-3-2-4-6-14/h13-16,18-19H,2-11H2,1H3,(H,20,22)(H,21,23). The molecular weight excluding hydrogens is 386 g/mol. The van der Waals surface area contributed by atoms with Crippen molar-refractivity contribution in [3.05, 3.63) is 0 Å². The molecule has 3 fully saturated rings. The number of thioether (sulfide) groups is 1. The summed E-state index contributed by atoms with van der Waals surface area (Å²) in [5, 5.41) is 7.96. The number of hydrogen-bond donors (Lipinski definition) is 3. The Morgan fingerprint density at radius 2 is 1.78 bits per heavy atom. The van der Waals surface area contributed by atoms with Gasteiger partial charge in [-0.2, -0.15) is 0 Å². The molecule has 3 N–H and O–H groups in total. The van der Waals surface area contributed by atoms with Gasteiger partial charge in [0.05, 0.1) is 22.0 Å². The van der Waals surface area contributed by atoms with Crippen molar-refractivity contribution in [1.82, 2.24) is 16.0 Å². The largest absolute Gasteiger partial charge is 0.343 e. The molecule has 4 atom stereocenters. The average molecular weight is 418 g/mol. The lowest BCUT2D eigenvalue weighted by Crippen LogP contribution is -2.53. The highest BCUT2D eigenvalue weighted by atomic mass is 32.2. The van der Waals surface area contributed by atoms with E-state index in [2.05, 4.69) is 16.0 Å². The van der Waals surface area contributed by atoms with Crippen LogP contribution in [0, 0.1) is 5.92 Å². The molecule has 154 valence electrons. The van der Waals surface area contributed by atoms with E-state index in [-0.39, 0.29) is 34.5 Å². The average Bonchev–Trinajstić information content (AvgIpc) is 3.11. The third-order valence-electron chi connectivity index (χ3n) is 5.91. The van der Waals surface area contributed by atoms with Gasteiger partial charge in [0.2, 0.25) is 11.8 Å². The van der Waals surface area contributed by atoms with E-state index in [1.54, 1.807) is 11.8 Å². The zero-order valence-electron chi connectivity index (χ0n) is 15.9. The van der Waals surface area contributed by atoms with Crippen LogP contribution in [0.4, 0.5) is 0 Å². The number of rotatable bonds is 5. The fraction of sp³-hybridized carbons (Fsp3) is 0.889. The molecule has 0 radical (unpaired) electrons. The van der Waals surface area contributed by atoms with Gasteiger partial charge >= 0.3 is 0 Å². The van der Waals surface area contributed by atoms with E-state index in [1.165, 1.54) is 6.92 Å². The molecule has 0 aromatic heterocycles. The summed E-state index contributed by atoms with van der Waals surface area (Å²) in [7, 11) is -3.22. The number of carbonyl (C=O) groups is 2. The van der Waals surface area contributed by atoms with E-state index >= 15 is 0 Å². The maximum Gasteiger partial charge on any atom is 0.224 e. The second-order valence-electron chi connectivity index (χ2n) is 7.90. The Bertz CT molecular complexity index is 649. The topological polar surface area (TPSA) is 104 Å². The Hall–Kier alpha value is -0.800. The van der Waals surface area contributed by atoms with Gasteiger partial charge in [0.1, 0.15) is 0 Å². The second kappa shape index (κ2) is 9.13. The highest BCUT2D eigenvalue weighted by molar-refractivity contribution is 8.02.